The highest BCUT2D eigenvalue weighted by Gasteiger charge is 2.50. The predicted octanol–water partition coefficient (Wildman–Crippen LogP) is 3.06. The smallest absolute Gasteiger partial charge is 0.410 e. The molecular formula is C20H27F3N4O3. The average molecular weight is 428 g/mol. The van der Waals surface area contributed by atoms with Crippen LogP contribution in [0.15, 0.2) is 6.07 Å². The highest BCUT2D eigenvalue weighted by molar-refractivity contribution is 5.87. The van der Waals surface area contributed by atoms with Crippen molar-refractivity contribution in [2.45, 2.75) is 70.3 Å². The summed E-state index contributed by atoms with van der Waals surface area (Å²) in [7, 11) is 0. The van der Waals surface area contributed by atoms with Crippen LogP contribution >= 0.6 is 0 Å². The Morgan fingerprint density at radius 3 is 2.73 bits per heavy atom. The summed E-state index contributed by atoms with van der Waals surface area (Å²) < 4.78 is 47.4. The Morgan fingerprint density at radius 1 is 1.37 bits per heavy atom. The van der Waals surface area contributed by atoms with Gasteiger partial charge in [0.15, 0.2) is 6.04 Å². The fraction of sp³-hybridized carbons (Fsp3) is 0.750. The summed E-state index contributed by atoms with van der Waals surface area (Å²) in [6, 6.07) is -0.468. The molecule has 2 fully saturated rings. The van der Waals surface area contributed by atoms with Gasteiger partial charge in [-0.1, -0.05) is 0 Å². The van der Waals surface area contributed by atoms with Gasteiger partial charge in [-0.05, 0) is 46.0 Å². The molecule has 0 aromatic carbocycles. The fourth-order valence-corrected chi connectivity index (χ4v) is 5.00. The standard InChI is InChI=1S/C20H27F3N4O3/c1-11-7-16-24-14(9-15(20(21,22)23)27(16)25-11)12-5-4-6-26(10-12)18(29)13-8-17(28)30-19(13,2)3/h7,12-15,24H,4-6,8-10H2,1-3H3/t12-,13+,14+,15-/m1/s1. The van der Waals surface area contributed by atoms with Crippen molar-refractivity contribution < 1.29 is 27.5 Å². The lowest BCUT2D eigenvalue weighted by Gasteiger charge is -2.42. The first kappa shape index (κ1) is 21.0. The number of esters is 1. The van der Waals surface area contributed by atoms with Crippen LogP contribution in [0.3, 0.4) is 0 Å². The van der Waals surface area contributed by atoms with E-state index >= 15 is 0 Å². The Kier molecular flexibility index (Phi) is 5.01. The molecule has 0 bridgehead atoms. The summed E-state index contributed by atoms with van der Waals surface area (Å²) >= 11 is 0. The molecule has 7 nitrogen and oxygen atoms in total. The maximum atomic E-state index is 13.7. The van der Waals surface area contributed by atoms with Crippen LogP contribution in [0.25, 0.3) is 0 Å². The molecule has 0 spiro atoms. The van der Waals surface area contributed by atoms with E-state index in [-0.39, 0.29) is 24.7 Å². The van der Waals surface area contributed by atoms with Crippen molar-refractivity contribution in [2.75, 3.05) is 18.4 Å². The molecule has 1 aromatic rings. The molecule has 0 unspecified atom stereocenters. The number of hydrogen-bond acceptors (Lipinski definition) is 5. The summed E-state index contributed by atoms with van der Waals surface area (Å²) in [5, 5.41) is 7.25. The quantitative estimate of drug-likeness (QED) is 0.733. The lowest BCUT2D eigenvalue weighted by molar-refractivity contribution is -0.175. The molecule has 3 aliphatic heterocycles. The number of cyclic esters (lactones) is 1. The van der Waals surface area contributed by atoms with E-state index in [2.05, 4.69) is 10.4 Å². The number of ether oxygens (including phenoxy) is 1. The van der Waals surface area contributed by atoms with Crippen LogP contribution in [0, 0.1) is 18.8 Å². The van der Waals surface area contributed by atoms with Gasteiger partial charge in [-0.15, -0.1) is 0 Å². The van der Waals surface area contributed by atoms with Crippen LogP contribution < -0.4 is 5.32 Å². The second-order valence-corrected chi connectivity index (χ2v) is 9.18. The van der Waals surface area contributed by atoms with Gasteiger partial charge in [0.1, 0.15) is 11.4 Å². The summed E-state index contributed by atoms with van der Waals surface area (Å²) in [5.41, 5.74) is -0.337. The Hall–Kier alpha value is -2.26. The van der Waals surface area contributed by atoms with E-state index in [1.54, 1.807) is 31.7 Å². The third kappa shape index (κ3) is 3.76. The number of nitrogens with one attached hydrogen (secondary N) is 1. The molecule has 3 aliphatic rings. The zero-order valence-electron chi connectivity index (χ0n) is 17.3. The Balaban J connectivity index is 1.51. The minimum Gasteiger partial charge on any atom is -0.459 e. The van der Waals surface area contributed by atoms with Crippen molar-refractivity contribution in [3.63, 3.8) is 0 Å². The lowest BCUT2D eigenvalue weighted by atomic mass is 9.84. The van der Waals surface area contributed by atoms with E-state index in [1.165, 1.54) is 0 Å². The molecule has 0 saturated carbocycles. The minimum absolute atomic E-state index is 0.0449. The molecule has 1 amide bonds. The summed E-state index contributed by atoms with van der Waals surface area (Å²) in [6.07, 6.45) is -3.03. The molecule has 30 heavy (non-hydrogen) atoms. The van der Waals surface area contributed by atoms with Gasteiger partial charge >= 0.3 is 12.1 Å². The maximum absolute atomic E-state index is 13.7. The number of alkyl halides is 3. The van der Waals surface area contributed by atoms with Gasteiger partial charge < -0.3 is 15.0 Å². The van der Waals surface area contributed by atoms with E-state index in [4.69, 9.17) is 4.74 Å². The SMILES string of the molecule is Cc1cc2n(n1)[C@@H](C(F)(F)F)C[C@@H]([C@@H]1CCCN(C(=O)[C@@H]3CC(=O)OC3(C)C)C1)N2. The first-order valence-corrected chi connectivity index (χ1v) is 10.4. The molecule has 4 atom stereocenters. The number of amides is 1. The predicted molar refractivity (Wildman–Crippen MR) is 102 cm³/mol. The van der Waals surface area contributed by atoms with Crippen LogP contribution in [-0.4, -0.2) is 57.5 Å². The third-order valence-electron chi connectivity index (χ3n) is 6.56. The van der Waals surface area contributed by atoms with E-state index in [0.717, 1.165) is 11.1 Å². The van der Waals surface area contributed by atoms with E-state index in [9.17, 15) is 22.8 Å². The Morgan fingerprint density at radius 2 is 2.10 bits per heavy atom. The van der Waals surface area contributed by atoms with Gasteiger partial charge in [-0.2, -0.15) is 18.3 Å². The summed E-state index contributed by atoms with van der Waals surface area (Å²) in [4.78, 5) is 26.5. The van der Waals surface area contributed by atoms with Crippen LogP contribution in [0.5, 0.6) is 0 Å². The van der Waals surface area contributed by atoms with Crippen LogP contribution in [0.4, 0.5) is 19.0 Å². The van der Waals surface area contributed by atoms with Gasteiger partial charge in [-0.3, -0.25) is 9.59 Å². The molecule has 10 heteroatoms. The lowest BCUT2D eigenvalue weighted by Crippen LogP contribution is -2.51. The van der Waals surface area contributed by atoms with E-state index in [0.29, 0.717) is 31.0 Å². The van der Waals surface area contributed by atoms with Crippen molar-refractivity contribution in [2.24, 2.45) is 11.8 Å². The second kappa shape index (κ2) is 7.16. The van der Waals surface area contributed by atoms with Gasteiger partial charge in [-0.25, -0.2) is 4.68 Å². The molecular weight excluding hydrogens is 401 g/mol. The van der Waals surface area contributed by atoms with E-state index in [1.807, 2.05) is 0 Å². The molecule has 1 N–H and O–H groups in total. The zero-order valence-corrected chi connectivity index (χ0v) is 17.3. The highest BCUT2D eigenvalue weighted by atomic mass is 19.4. The normalized spacial score (nSPS) is 31.1. The first-order chi connectivity index (χ1) is 14.0. The number of nitrogens with zero attached hydrogens (tertiary/aromatic N) is 3. The number of carbonyl (C=O) groups is 2. The molecule has 166 valence electrons. The molecule has 0 aliphatic carbocycles. The fourth-order valence-electron chi connectivity index (χ4n) is 5.00. The van der Waals surface area contributed by atoms with E-state index < -0.39 is 35.7 Å². The molecule has 1 aromatic heterocycles. The topological polar surface area (TPSA) is 76.5 Å². The van der Waals surface area contributed by atoms with Crippen molar-refractivity contribution in [3.8, 4) is 0 Å². The largest absolute Gasteiger partial charge is 0.459 e. The highest BCUT2D eigenvalue weighted by Crippen LogP contribution is 2.42. The number of aromatic nitrogens is 2. The van der Waals surface area contributed by atoms with Crippen LogP contribution in [-0.2, 0) is 14.3 Å². The van der Waals surface area contributed by atoms with Crippen molar-refractivity contribution in [1.29, 1.82) is 0 Å². The third-order valence-corrected chi connectivity index (χ3v) is 6.56. The molecule has 4 rings (SSSR count). The molecule has 2 saturated heterocycles. The van der Waals surface area contributed by atoms with Crippen molar-refractivity contribution >= 4 is 17.7 Å². The molecule has 0 radical (unpaired) electrons. The number of piperidine rings is 1. The van der Waals surface area contributed by atoms with Gasteiger partial charge in [0.25, 0.3) is 0 Å². The molecule has 4 heterocycles. The van der Waals surface area contributed by atoms with Crippen LogP contribution in [0.2, 0.25) is 0 Å². The summed E-state index contributed by atoms with van der Waals surface area (Å²) in [6.45, 7) is 6.03. The van der Waals surface area contributed by atoms with Gasteiger partial charge in [0.2, 0.25) is 5.91 Å². The number of anilines is 1. The van der Waals surface area contributed by atoms with Crippen molar-refractivity contribution in [3.05, 3.63) is 11.8 Å². The average Bonchev–Trinajstić information content (AvgIpc) is 3.16. The first-order valence-electron chi connectivity index (χ1n) is 10.4. The number of aryl methyl sites for hydroxylation is 1. The number of halogens is 3. The van der Waals surface area contributed by atoms with Crippen molar-refractivity contribution in [1.82, 2.24) is 14.7 Å². The Bertz CT molecular complexity index is 851. The number of carbonyl (C=O) groups excluding carboxylic acids is 2. The zero-order chi connectivity index (χ0) is 21.8. The second-order valence-electron chi connectivity index (χ2n) is 9.18. The number of rotatable bonds is 2. The number of fused-ring (bicyclic) bond motifs is 1. The number of hydrogen-bond donors (Lipinski definition) is 1. The number of likely N-dealkylation sites (tertiary alicyclic amines) is 1. The summed E-state index contributed by atoms with van der Waals surface area (Å²) in [5.74, 6) is -0.852. The van der Waals surface area contributed by atoms with Crippen LogP contribution in [0.1, 0.15) is 51.3 Å². The van der Waals surface area contributed by atoms with Gasteiger partial charge in [0.05, 0.1) is 18.0 Å². The monoisotopic (exact) mass is 428 g/mol. The minimum atomic E-state index is -4.40. The van der Waals surface area contributed by atoms with Gasteiger partial charge in [0, 0.05) is 25.2 Å². The maximum Gasteiger partial charge on any atom is 0.410 e. The Labute approximate surface area is 172 Å².